The Morgan fingerprint density at radius 1 is 1.00 bits per heavy atom. The van der Waals surface area contributed by atoms with E-state index in [1.165, 1.54) is 0 Å². The summed E-state index contributed by atoms with van der Waals surface area (Å²) in [6.07, 6.45) is -1.28. The van der Waals surface area contributed by atoms with Crippen LogP contribution in [-0.2, 0) is 16.0 Å². The maximum absolute atomic E-state index is 13.7. The van der Waals surface area contributed by atoms with Crippen molar-refractivity contribution >= 4 is 23.7 Å². The van der Waals surface area contributed by atoms with Gasteiger partial charge in [-0.15, -0.1) is 0 Å². The van der Waals surface area contributed by atoms with Crippen LogP contribution in [0, 0.1) is 11.6 Å². The summed E-state index contributed by atoms with van der Waals surface area (Å²) < 4.78 is 32.7. The monoisotopic (exact) mass is 457 g/mol. The second kappa shape index (κ2) is 8.96. The summed E-state index contributed by atoms with van der Waals surface area (Å²) in [6.45, 7) is 0.0103. The molecule has 1 aliphatic carbocycles. The van der Waals surface area contributed by atoms with Crippen molar-refractivity contribution in [3.63, 3.8) is 0 Å². The number of hydrogen-bond acceptors (Lipinski definition) is 3. The molecule has 1 unspecified atom stereocenters. The normalized spacial score (nSPS) is 13.2. The predicted molar refractivity (Wildman–Crippen MR) is 115 cm³/mol. The van der Waals surface area contributed by atoms with Crippen LogP contribution in [0.15, 0.2) is 60.7 Å². The van der Waals surface area contributed by atoms with Gasteiger partial charge in [0.25, 0.3) is 0 Å². The highest BCUT2D eigenvalue weighted by Gasteiger charge is 2.30. The molecule has 0 fully saturated rings. The quantitative estimate of drug-likeness (QED) is 0.502. The SMILES string of the molecule is O=C(NC(Cc1cc(F)c(Cl)c(F)c1)C(=O)O)OCC1c2ccccc2-c2ccccc21. The number of amides is 1. The van der Waals surface area contributed by atoms with Crippen LogP contribution >= 0.6 is 11.6 Å². The van der Waals surface area contributed by atoms with Gasteiger partial charge in [-0.25, -0.2) is 18.4 Å². The molecule has 8 heteroatoms. The van der Waals surface area contributed by atoms with Gasteiger partial charge in [-0.3, -0.25) is 0 Å². The van der Waals surface area contributed by atoms with Crippen LogP contribution in [0.2, 0.25) is 5.02 Å². The summed E-state index contributed by atoms with van der Waals surface area (Å²) in [5.41, 5.74) is 4.20. The lowest BCUT2D eigenvalue weighted by Gasteiger charge is -2.17. The molecular weight excluding hydrogens is 440 g/mol. The highest BCUT2D eigenvalue weighted by atomic mass is 35.5. The highest BCUT2D eigenvalue weighted by molar-refractivity contribution is 6.30. The van der Waals surface area contributed by atoms with Crippen LogP contribution in [0.3, 0.4) is 0 Å². The van der Waals surface area contributed by atoms with Crippen molar-refractivity contribution in [2.45, 2.75) is 18.4 Å². The lowest BCUT2D eigenvalue weighted by atomic mass is 9.98. The lowest BCUT2D eigenvalue weighted by Crippen LogP contribution is -2.43. The molecule has 0 radical (unpaired) electrons. The Hall–Kier alpha value is -3.45. The molecule has 0 bridgehead atoms. The maximum atomic E-state index is 13.7. The van der Waals surface area contributed by atoms with Crippen LogP contribution in [-0.4, -0.2) is 29.8 Å². The van der Waals surface area contributed by atoms with Crippen molar-refractivity contribution in [2.75, 3.05) is 6.61 Å². The maximum Gasteiger partial charge on any atom is 0.407 e. The van der Waals surface area contributed by atoms with Crippen molar-refractivity contribution in [2.24, 2.45) is 0 Å². The van der Waals surface area contributed by atoms with Crippen LogP contribution in [0.25, 0.3) is 11.1 Å². The van der Waals surface area contributed by atoms with Gasteiger partial charge in [0.05, 0.1) is 0 Å². The molecule has 0 saturated carbocycles. The second-order valence-corrected chi connectivity index (χ2v) is 7.82. The molecule has 164 valence electrons. The van der Waals surface area contributed by atoms with Gasteiger partial charge in [0.1, 0.15) is 29.3 Å². The number of alkyl carbamates (subject to hydrolysis) is 1. The number of hydrogen-bond donors (Lipinski definition) is 2. The summed E-state index contributed by atoms with van der Waals surface area (Å²) in [5, 5.41) is 11.0. The van der Waals surface area contributed by atoms with E-state index in [-0.39, 0.29) is 24.5 Å². The zero-order chi connectivity index (χ0) is 22.8. The van der Waals surface area contributed by atoms with E-state index in [9.17, 15) is 23.5 Å². The zero-order valence-electron chi connectivity index (χ0n) is 16.6. The molecule has 0 aliphatic heterocycles. The van der Waals surface area contributed by atoms with Gasteiger partial charge >= 0.3 is 12.1 Å². The van der Waals surface area contributed by atoms with E-state index < -0.39 is 34.8 Å². The molecule has 1 amide bonds. The average molecular weight is 458 g/mol. The standard InChI is InChI=1S/C24H18ClF2NO4/c25-22-19(26)9-13(10-20(22)27)11-21(23(29)30)28-24(31)32-12-18-16-7-3-1-5-14(16)15-6-2-4-8-17(15)18/h1-10,18,21H,11-12H2,(H,28,31)(H,29,30). The summed E-state index contributed by atoms with van der Waals surface area (Å²) in [4.78, 5) is 23.9. The minimum absolute atomic E-state index is 0.0103. The van der Waals surface area contributed by atoms with E-state index in [2.05, 4.69) is 5.32 Å². The Balaban J connectivity index is 1.44. The molecule has 2 N–H and O–H groups in total. The average Bonchev–Trinajstić information content (AvgIpc) is 3.09. The third kappa shape index (κ3) is 4.29. The molecule has 0 aromatic heterocycles. The fourth-order valence-electron chi connectivity index (χ4n) is 3.94. The summed E-state index contributed by atoms with van der Waals surface area (Å²) >= 11 is 5.45. The minimum Gasteiger partial charge on any atom is -0.480 e. The molecule has 32 heavy (non-hydrogen) atoms. The fourth-order valence-corrected chi connectivity index (χ4v) is 4.05. The van der Waals surface area contributed by atoms with Crippen molar-refractivity contribution in [3.8, 4) is 11.1 Å². The van der Waals surface area contributed by atoms with E-state index in [0.29, 0.717) is 0 Å². The summed E-state index contributed by atoms with van der Waals surface area (Å²) in [5.74, 6) is -3.57. The van der Waals surface area contributed by atoms with Crippen molar-refractivity contribution in [1.82, 2.24) is 5.32 Å². The molecule has 0 spiro atoms. The Labute approximate surface area is 187 Å². The number of benzene rings is 3. The Bertz CT molecular complexity index is 1130. The van der Waals surface area contributed by atoms with Gasteiger partial charge in [0, 0.05) is 12.3 Å². The van der Waals surface area contributed by atoms with Crippen LogP contribution in [0.5, 0.6) is 0 Å². The van der Waals surface area contributed by atoms with Gasteiger partial charge < -0.3 is 15.2 Å². The molecule has 1 aliphatic rings. The molecular formula is C24H18ClF2NO4. The van der Waals surface area contributed by atoms with Gasteiger partial charge in [-0.1, -0.05) is 60.1 Å². The van der Waals surface area contributed by atoms with Crippen LogP contribution in [0.1, 0.15) is 22.6 Å². The molecule has 5 nitrogen and oxygen atoms in total. The molecule has 3 aromatic rings. The number of carbonyl (C=O) groups excluding carboxylic acids is 1. The smallest absolute Gasteiger partial charge is 0.407 e. The summed E-state index contributed by atoms with van der Waals surface area (Å²) in [6, 6.07) is 16.0. The zero-order valence-corrected chi connectivity index (χ0v) is 17.4. The van der Waals surface area contributed by atoms with Crippen molar-refractivity contribution < 1.29 is 28.2 Å². The van der Waals surface area contributed by atoms with E-state index >= 15 is 0 Å². The van der Waals surface area contributed by atoms with Gasteiger partial charge in [0.15, 0.2) is 0 Å². The first-order chi connectivity index (χ1) is 15.3. The summed E-state index contributed by atoms with van der Waals surface area (Å²) in [7, 11) is 0. The molecule has 1 atom stereocenters. The molecule has 0 saturated heterocycles. The largest absolute Gasteiger partial charge is 0.480 e. The van der Waals surface area contributed by atoms with Gasteiger partial charge in [-0.05, 0) is 39.9 Å². The third-order valence-corrected chi connectivity index (χ3v) is 5.78. The molecule has 4 rings (SSSR count). The van der Waals surface area contributed by atoms with E-state index in [0.717, 1.165) is 34.4 Å². The van der Waals surface area contributed by atoms with Crippen molar-refractivity contribution in [1.29, 1.82) is 0 Å². The Morgan fingerprint density at radius 3 is 2.06 bits per heavy atom. The van der Waals surface area contributed by atoms with Crippen LogP contribution in [0.4, 0.5) is 13.6 Å². The first-order valence-corrected chi connectivity index (χ1v) is 10.2. The number of rotatable bonds is 6. The number of carboxylic acid groups (broad SMARTS) is 1. The Morgan fingerprint density at radius 2 is 1.53 bits per heavy atom. The minimum atomic E-state index is -1.44. The fraction of sp³-hybridized carbons (Fsp3) is 0.167. The number of fused-ring (bicyclic) bond motifs is 3. The molecule has 3 aromatic carbocycles. The predicted octanol–water partition coefficient (Wildman–Crippen LogP) is 5.15. The number of halogens is 3. The number of aliphatic carboxylic acids is 1. The number of carbonyl (C=O) groups is 2. The first-order valence-electron chi connectivity index (χ1n) is 9.83. The highest BCUT2D eigenvalue weighted by Crippen LogP contribution is 2.44. The Kier molecular flexibility index (Phi) is 6.10. The topological polar surface area (TPSA) is 75.6 Å². The number of carboxylic acids is 1. The number of ether oxygens (including phenoxy) is 1. The first kappa shape index (κ1) is 21.8. The van der Waals surface area contributed by atoms with Crippen LogP contribution < -0.4 is 5.32 Å². The van der Waals surface area contributed by atoms with Gasteiger partial charge in [-0.2, -0.15) is 0 Å². The molecule has 0 heterocycles. The second-order valence-electron chi connectivity index (χ2n) is 7.44. The van der Waals surface area contributed by atoms with Gasteiger partial charge in [0.2, 0.25) is 0 Å². The van der Waals surface area contributed by atoms with E-state index in [1.807, 2.05) is 48.5 Å². The third-order valence-electron chi connectivity index (χ3n) is 5.42. The van der Waals surface area contributed by atoms with Crippen molar-refractivity contribution in [3.05, 3.63) is 94.0 Å². The van der Waals surface area contributed by atoms with E-state index in [4.69, 9.17) is 16.3 Å². The van der Waals surface area contributed by atoms with E-state index in [1.54, 1.807) is 0 Å². The number of nitrogens with one attached hydrogen (secondary N) is 1. The lowest BCUT2D eigenvalue weighted by molar-refractivity contribution is -0.139.